The highest BCUT2D eigenvalue weighted by Crippen LogP contribution is 2.30. The fraction of sp³-hybridized carbons (Fsp3) is 0.750. The number of likely N-dealkylation sites (tertiary alicyclic amines) is 1. The van der Waals surface area contributed by atoms with E-state index in [0.717, 1.165) is 19.3 Å². The number of carbonyl (C=O) groups is 5. The standard InChI is InChI=1S/C20H33N5O5/c1-20(2,3)24-19(30)22-11-15(26)25-9-5-8-14(25)18(29)23-13(16(27)17(21)28)10-12-6-4-7-12/h12-14H,4-11H2,1-3H3,(H2,21,28)(H,23,29)(H2,22,24,30). The van der Waals surface area contributed by atoms with Crippen LogP contribution in [0.15, 0.2) is 0 Å². The van der Waals surface area contributed by atoms with Gasteiger partial charge in [-0.05, 0) is 46.0 Å². The summed E-state index contributed by atoms with van der Waals surface area (Å²) in [5.74, 6) is -2.46. The van der Waals surface area contributed by atoms with Crippen molar-refractivity contribution >= 4 is 29.5 Å². The molecular weight excluding hydrogens is 390 g/mol. The summed E-state index contributed by atoms with van der Waals surface area (Å²) in [6, 6.07) is -2.17. The Labute approximate surface area is 176 Å². The van der Waals surface area contributed by atoms with Gasteiger partial charge in [0.2, 0.25) is 17.6 Å². The summed E-state index contributed by atoms with van der Waals surface area (Å²) in [7, 11) is 0. The van der Waals surface area contributed by atoms with Crippen LogP contribution in [0.2, 0.25) is 0 Å². The van der Waals surface area contributed by atoms with Crippen molar-refractivity contribution in [2.24, 2.45) is 11.7 Å². The number of carbonyl (C=O) groups excluding carboxylic acids is 5. The molecule has 2 unspecified atom stereocenters. The first kappa shape index (κ1) is 23.6. The molecule has 10 nitrogen and oxygen atoms in total. The van der Waals surface area contributed by atoms with Gasteiger partial charge in [0.25, 0.3) is 5.91 Å². The van der Waals surface area contributed by atoms with Gasteiger partial charge in [-0.15, -0.1) is 0 Å². The predicted octanol–water partition coefficient (Wildman–Crippen LogP) is -0.195. The summed E-state index contributed by atoms with van der Waals surface area (Å²) in [5, 5.41) is 7.84. The number of rotatable bonds is 8. The minimum absolute atomic E-state index is 0.239. The van der Waals surface area contributed by atoms with Crippen LogP contribution in [-0.4, -0.2) is 65.1 Å². The molecular formula is C20H33N5O5. The summed E-state index contributed by atoms with van der Waals surface area (Å²) in [6.45, 7) is 5.61. The zero-order valence-electron chi connectivity index (χ0n) is 18.0. The average Bonchev–Trinajstić information content (AvgIpc) is 3.09. The lowest BCUT2D eigenvalue weighted by Crippen LogP contribution is -2.55. The minimum atomic E-state index is -1.08. The van der Waals surface area contributed by atoms with E-state index in [0.29, 0.717) is 25.8 Å². The van der Waals surface area contributed by atoms with E-state index in [-0.39, 0.29) is 18.4 Å². The lowest BCUT2D eigenvalue weighted by molar-refractivity contribution is -0.141. The van der Waals surface area contributed by atoms with Gasteiger partial charge in [-0.25, -0.2) is 4.79 Å². The Hall–Kier alpha value is -2.65. The van der Waals surface area contributed by atoms with Gasteiger partial charge in [-0.2, -0.15) is 0 Å². The maximum atomic E-state index is 12.8. The van der Waals surface area contributed by atoms with Crippen LogP contribution in [0.4, 0.5) is 4.79 Å². The van der Waals surface area contributed by atoms with Crippen molar-refractivity contribution in [2.45, 2.75) is 76.9 Å². The molecule has 1 aliphatic heterocycles. The maximum Gasteiger partial charge on any atom is 0.315 e. The topological polar surface area (TPSA) is 151 Å². The number of hydrogen-bond donors (Lipinski definition) is 4. The van der Waals surface area contributed by atoms with Crippen molar-refractivity contribution in [1.29, 1.82) is 0 Å². The molecule has 2 aliphatic rings. The second-order valence-electron chi connectivity index (χ2n) is 9.13. The van der Waals surface area contributed by atoms with E-state index >= 15 is 0 Å². The highest BCUT2D eigenvalue weighted by molar-refractivity contribution is 6.37. The maximum absolute atomic E-state index is 12.8. The molecule has 0 spiro atoms. The number of nitrogens with one attached hydrogen (secondary N) is 3. The molecule has 0 aromatic carbocycles. The minimum Gasteiger partial charge on any atom is -0.363 e. The molecule has 30 heavy (non-hydrogen) atoms. The number of nitrogens with zero attached hydrogens (tertiary/aromatic N) is 1. The molecule has 0 aromatic heterocycles. The Morgan fingerprint density at radius 3 is 2.27 bits per heavy atom. The molecule has 1 aliphatic carbocycles. The van der Waals surface area contributed by atoms with Crippen molar-refractivity contribution in [3.63, 3.8) is 0 Å². The molecule has 0 bridgehead atoms. The van der Waals surface area contributed by atoms with Crippen LogP contribution in [0.5, 0.6) is 0 Å². The molecule has 10 heteroatoms. The summed E-state index contributed by atoms with van der Waals surface area (Å²) in [5.41, 5.74) is 4.70. The van der Waals surface area contributed by atoms with E-state index in [2.05, 4.69) is 16.0 Å². The summed E-state index contributed by atoms with van der Waals surface area (Å²) in [4.78, 5) is 62.1. The Kier molecular flexibility index (Phi) is 7.80. The van der Waals surface area contributed by atoms with Gasteiger partial charge in [-0.3, -0.25) is 19.2 Å². The predicted molar refractivity (Wildman–Crippen MR) is 109 cm³/mol. The smallest absolute Gasteiger partial charge is 0.315 e. The first-order valence-electron chi connectivity index (χ1n) is 10.5. The van der Waals surface area contributed by atoms with Crippen LogP contribution >= 0.6 is 0 Å². The molecule has 168 valence electrons. The third-order valence-electron chi connectivity index (χ3n) is 5.43. The Bertz CT molecular complexity index is 698. The lowest BCUT2D eigenvalue weighted by atomic mass is 9.80. The van der Waals surface area contributed by atoms with Crippen molar-refractivity contribution < 1.29 is 24.0 Å². The normalized spacial score (nSPS) is 20.1. The lowest BCUT2D eigenvalue weighted by Gasteiger charge is -2.30. The van der Waals surface area contributed by atoms with Crippen molar-refractivity contribution in [3.8, 4) is 0 Å². The van der Waals surface area contributed by atoms with Crippen molar-refractivity contribution in [1.82, 2.24) is 20.9 Å². The van der Waals surface area contributed by atoms with E-state index in [1.54, 1.807) is 0 Å². The zero-order valence-corrected chi connectivity index (χ0v) is 18.0. The van der Waals surface area contributed by atoms with Gasteiger partial charge >= 0.3 is 6.03 Å². The van der Waals surface area contributed by atoms with Crippen LogP contribution in [-0.2, 0) is 19.2 Å². The highest BCUT2D eigenvalue weighted by Gasteiger charge is 2.37. The first-order chi connectivity index (χ1) is 14.0. The van der Waals surface area contributed by atoms with Gasteiger partial charge in [-0.1, -0.05) is 19.3 Å². The number of ketones is 1. The molecule has 2 atom stereocenters. The molecule has 2 rings (SSSR count). The molecule has 1 heterocycles. The molecule has 2 fully saturated rings. The highest BCUT2D eigenvalue weighted by atomic mass is 16.2. The number of hydrogen-bond acceptors (Lipinski definition) is 5. The quantitative estimate of drug-likeness (QED) is 0.399. The van der Waals surface area contributed by atoms with Gasteiger partial charge < -0.3 is 26.6 Å². The number of amides is 5. The number of urea groups is 1. The summed E-state index contributed by atoms with van der Waals surface area (Å²) < 4.78 is 0. The monoisotopic (exact) mass is 423 g/mol. The van der Waals surface area contributed by atoms with Gasteiger partial charge in [0.1, 0.15) is 6.04 Å². The number of nitrogens with two attached hydrogens (primary N) is 1. The fourth-order valence-corrected chi connectivity index (χ4v) is 3.71. The van der Waals surface area contributed by atoms with Crippen molar-refractivity contribution in [3.05, 3.63) is 0 Å². The Balaban J connectivity index is 1.94. The zero-order chi connectivity index (χ0) is 22.5. The van der Waals surface area contributed by atoms with E-state index in [1.165, 1.54) is 4.90 Å². The Morgan fingerprint density at radius 2 is 1.73 bits per heavy atom. The van der Waals surface area contributed by atoms with Gasteiger partial charge in [0.05, 0.1) is 12.6 Å². The fourth-order valence-electron chi connectivity index (χ4n) is 3.71. The average molecular weight is 424 g/mol. The summed E-state index contributed by atoms with van der Waals surface area (Å²) >= 11 is 0. The third-order valence-corrected chi connectivity index (χ3v) is 5.43. The van der Waals surface area contributed by atoms with Crippen LogP contribution in [0.25, 0.3) is 0 Å². The molecule has 0 radical (unpaired) electrons. The molecule has 5 amide bonds. The first-order valence-corrected chi connectivity index (χ1v) is 10.5. The molecule has 1 saturated carbocycles. The van der Waals surface area contributed by atoms with E-state index in [9.17, 15) is 24.0 Å². The SMILES string of the molecule is CC(C)(C)NC(=O)NCC(=O)N1CCCC1C(=O)NC(CC1CCC1)C(=O)C(N)=O. The van der Waals surface area contributed by atoms with Crippen LogP contribution in [0.3, 0.4) is 0 Å². The molecule has 1 saturated heterocycles. The molecule has 5 N–H and O–H groups in total. The molecule has 0 aromatic rings. The van der Waals surface area contributed by atoms with Crippen molar-refractivity contribution in [2.75, 3.05) is 13.1 Å². The largest absolute Gasteiger partial charge is 0.363 e. The van der Waals surface area contributed by atoms with Crippen LogP contribution in [0, 0.1) is 5.92 Å². The third kappa shape index (κ3) is 6.70. The van der Waals surface area contributed by atoms with E-state index in [1.807, 2.05) is 20.8 Å². The number of primary amides is 1. The van der Waals surface area contributed by atoms with Crippen LogP contribution < -0.4 is 21.7 Å². The summed E-state index contributed by atoms with van der Waals surface area (Å²) in [6.07, 6.45) is 4.44. The Morgan fingerprint density at radius 1 is 1.07 bits per heavy atom. The van der Waals surface area contributed by atoms with Gasteiger partial charge in [0, 0.05) is 12.1 Å². The number of Topliss-reactive ketones (excluding diaryl/α,β-unsaturated/α-hetero) is 1. The van der Waals surface area contributed by atoms with E-state index < -0.39 is 41.3 Å². The van der Waals surface area contributed by atoms with E-state index in [4.69, 9.17) is 5.73 Å². The van der Waals surface area contributed by atoms with Crippen LogP contribution in [0.1, 0.15) is 59.3 Å². The second-order valence-corrected chi connectivity index (χ2v) is 9.13. The van der Waals surface area contributed by atoms with Gasteiger partial charge in [0.15, 0.2) is 0 Å². The second kappa shape index (κ2) is 9.90.